The largest absolute Gasteiger partial charge is 0.368 e. The van der Waals surface area contributed by atoms with Crippen LogP contribution in [0.4, 0.5) is 5.82 Å². The molecule has 0 bridgehead atoms. The Morgan fingerprint density at radius 3 is 2.74 bits per heavy atom. The standard InChI is InChI=1S/C15H24N4/c1-6-15(4,5)10-17-14-13-9-12(11(2)3)18-19(13)8-7-16-14/h7-9,11H,6,10H2,1-5H3,(H,16,17). The van der Waals surface area contributed by atoms with Gasteiger partial charge in [-0.2, -0.15) is 5.10 Å². The Hall–Kier alpha value is -1.58. The Morgan fingerprint density at radius 1 is 1.37 bits per heavy atom. The third kappa shape index (κ3) is 3.06. The normalized spacial score (nSPS) is 12.3. The van der Waals surface area contributed by atoms with Gasteiger partial charge in [0.25, 0.3) is 0 Å². The van der Waals surface area contributed by atoms with Crippen molar-refractivity contribution in [2.24, 2.45) is 5.41 Å². The highest BCUT2D eigenvalue weighted by atomic mass is 15.2. The van der Waals surface area contributed by atoms with Crippen LogP contribution in [0.5, 0.6) is 0 Å². The topological polar surface area (TPSA) is 42.2 Å². The van der Waals surface area contributed by atoms with Gasteiger partial charge in [0, 0.05) is 18.9 Å². The van der Waals surface area contributed by atoms with Crippen molar-refractivity contribution >= 4 is 11.3 Å². The minimum absolute atomic E-state index is 0.273. The molecule has 2 heterocycles. The van der Waals surface area contributed by atoms with E-state index >= 15 is 0 Å². The zero-order valence-electron chi connectivity index (χ0n) is 12.6. The van der Waals surface area contributed by atoms with Gasteiger partial charge in [-0.1, -0.05) is 34.6 Å². The molecule has 0 radical (unpaired) electrons. The van der Waals surface area contributed by atoms with E-state index in [0.717, 1.165) is 30.0 Å². The second-order valence-electron chi connectivity index (χ2n) is 6.20. The quantitative estimate of drug-likeness (QED) is 0.891. The third-order valence-electron chi connectivity index (χ3n) is 3.69. The van der Waals surface area contributed by atoms with Crippen LogP contribution in [-0.2, 0) is 0 Å². The van der Waals surface area contributed by atoms with Crippen LogP contribution in [0.15, 0.2) is 18.5 Å². The highest BCUT2D eigenvalue weighted by molar-refractivity contribution is 5.67. The molecular formula is C15H24N4. The van der Waals surface area contributed by atoms with Gasteiger partial charge in [-0.15, -0.1) is 0 Å². The van der Waals surface area contributed by atoms with Crippen LogP contribution < -0.4 is 5.32 Å². The summed E-state index contributed by atoms with van der Waals surface area (Å²) in [6.45, 7) is 12.0. The number of nitrogens with one attached hydrogen (secondary N) is 1. The summed E-state index contributed by atoms with van der Waals surface area (Å²) < 4.78 is 1.91. The maximum atomic E-state index is 4.57. The van der Waals surface area contributed by atoms with Crippen LogP contribution >= 0.6 is 0 Å². The Morgan fingerprint density at radius 2 is 2.11 bits per heavy atom. The van der Waals surface area contributed by atoms with Crippen molar-refractivity contribution in [2.75, 3.05) is 11.9 Å². The van der Waals surface area contributed by atoms with Crippen molar-refractivity contribution in [3.8, 4) is 0 Å². The second-order valence-corrected chi connectivity index (χ2v) is 6.20. The average Bonchev–Trinajstić information content (AvgIpc) is 2.81. The first-order valence-corrected chi connectivity index (χ1v) is 7.01. The fraction of sp³-hybridized carbons (Fsp3) is 0.600. The molecule has 0 unspecified atom stereocenters. The van der Waals surface area contributed by atoms with E-state index in [0.29, 0.717) is 5.92 Å². The predicted octanol–water partition coefficient (Wildman–Crippen LogP) is 3.70. The SMILES string of the molecule is CCC(C)(C)CNc1nccn2nc(C(C)C)cc12. The highest BCUT2D eigenvalue weighted by Gasteiger charge is 2.16. The van der Waals surface area contributed by atoms with Crippen LogP contribution in [0.25, 0.3) is 5.52 Å². The van der Waals surface area contributed by atoms with Gasteiger partial charge in [0.1, 0.15) is 5.52 Å². The molecule has 0 aliphatic heterocycles. The molecule has 2 aromatic rings. The van der Waals surface area contributed by atoms with Crippen molar-refractivity contribution in [1.29, 1.82) is 0 Å². The molecule has 104 valence electrons. The minimum Gasteiger partial charge on any atom is -0.368 e. The molecule has 0 aliphatic carbocycles. The van der Waals surface area contributed by atoms with Gasteiger partial charge in [-0.3, -0.25) is 0 Å². The average molecular weight is 260 g/mol. The summed E-state index contributed by atoms with van der Waals surface area (Å²) in [7, 11) is 0. The van der Waals surface area contributed by atoms with E-state index in [4.69, 9.17) is 0 Å². The summed E-state index contributed by atoms with van der Waals surface area (Å²) in [5.74, 6) is 1.35. The van der Waals surface area contributed by atoms with E-state index in [2.05, 4.69) is 56.1 Å². The van der Waals surface area contributed by atoms with Gasteiger partial charge in [0.2, 0.25) is 0 Å². The van der Waals surface area contributed by atoms with Crippen molar-refractivity contribution in [3.05, 3.63) is 24.2 Å². The van der Waals surface area contributed by atoms with Gasteiger partial charge in [0.05, 0.1) is 5.69 Å². The van der Waals surface area contributed by atoms with Crippen molar-refractivity contribution in [1.82, 2.24) is 14.6 Å². The van der Waals surface area contributed by atoms with E-state index in [9.17, 15) is 0 Å². The molecule has 1 N–H and O–H groups in total. The predicted molar refractivity (Wildman–Crippen MR) is 79.6 cm³/mol. The van der Waals surface area contributed by atoms with E-state index in [1.54, 1.807) is 6.20 Å². The lowest BCUT2D eigenvalue weighted by atomic mass is 9.90. The number of aromatic nitrogens is 3. The maximum Gasteiger partial charge on any atom is 0.152 e. The van der Waals surface area contributed by atoms with Crippen molar-refractivity contribution in [2.45, 2.75) is 47.0 Å². The second kappa shape index (κ2) is 5.19. The van der Waals surface area contributed by atoms with E-state index in [1.165, 1.54) is 0 Å². The fourth-order valence-electron chi connectivity index (χ4n) is 1.81. The smallest absolute Gasteiger partial charge is 0.152 e. The molecule has 0 fully saturated rings. The summed E-state index contributed by atoms with van der Waals surface area (Å²) in [4.78, 5) is 4.44. The number of nitrogens with zero attached hydrogens (tertiary/aromatic N) is 3. The van der Waals surface area contributed by atoms with Gasteiger partial charge < -0.3 is 5.32 Å². The molecular weight excluding hydrogens is 236 g/mol. The number of anilines is 1. The van der Waals surface area contributed by atoms with Crippen LogP contribution in [0.2, 0.25) is 0 Å². The first-order chi connectivity index (χ1) is 8.93. The molecule has 0 atom stereocenters. The molecule has 2 aromatic heterocycles. The summed E-state index contributed by atoms with van der Waals surface area (Å²) in [6, 6.07) is 2.12. The van der Waals surface area contributed by atoms with Crippen molar-refractivity contribution < 1.29 is 0 Å². The molecule has 0 spiro atoms. The summed E-state index contributed by atoms with van der Waals surface area (Å²) >= 11 is 0. The Balaban J connectivity index is 2.28. The summed E-state index contributed by atoms with van der Waals surface area (Å²) in [5.41, 5.74) is 2.43. The maximum absolute atomic E-state index is 4.57. The lowest BCUT2D eigenvalue weighted by Gasteiger charge is -2.23. The molecule has 4 nitrogen and oxygen atoms in total. The Kier molecular flexibility index (Phi) is 3.78. The third-order valence-corrected chi connectivity index (χ3v) is 3.69. The van der Waals surface area contributed by atoms with Crippen LogP contribution in [0.1, 0.15) is 52.7 Å². The van der Waals surface area contributed by atoms with E-state index < -0.39 is 0 Å². The van der Waals surface area contributed by atoms with Gasteiger partial charge in [-0.05, 0) is 23.8 Å². The number of fused-ring (bicyclic) bond motifs is 1. The van der Waals surface area contributed by atoms with Gasteiger partial charge in [0.15, 0.2) is 5.82 Å². The van der Waals surface area contributed by atoms with Crippen LogP contribution in [-0.4, -0.2) is 21.1 Å². The summed E-state index contributed by atoms with van der Waals surface area (Å²) in [6.07, 6.45) is 4.84. The zero-order chi connectivity index (χ0) is 14.0. The molecule has 0 amide bonds. The Bertz CT molecular complexity index is 554. The van der Waals surface area contributed by atoms with E-state index in [-0.39, 0.29) is 5.41 Å². The van der Waals surface area contributed by atoms with Gasteiger partial charge in [-0.25, -0.2) is 9.50 Å². The molecule has 0 aliphatic rings. The molecule has 19 heavy (non-hydrogen) atoms. The minimum atomic E-state index is 0.273. The fourth-order valence-corrected chi connectivity index (χ4v) is 1.81. The lowest BCUT2D eigenvalue weighted by Crippen LogP contribution is -2.22. The first-order valence-electron chi connectivity index (χ1n) is 7.01. The van der Waals surface area contributed by atoms with Crippen LogP contribution in [0.3, 0.4) is 0 Å². The number of rotatable bonds is 5. The van der Waals surface area contributed by atoms with Crippen LogP contribution in [0, 0.1) is 5.41 Å². The molecule has 0 saturated heterocycles. The molecule has 4 heteroatoms. The Labute approximate surface area is 115 Å². The monoisotopic (exact) mass is 260 g/mol. The molecule has 0 aromatic carbocycles. The number of hydrogen-bond acceptors (Lipinski definition) is 3. The highest BCUT2D eigenvalue weighted by Crippen LogP contribution is 2.23. The van der Waals surface area contributed by atoms with Crippen molar-refractivity contribution in [3.63, 3.8) is 0 Å². The molecule has 0 saturated carbocycles. The number of hydrogen-bond donors (Lipinski definition) is 1. The lowest BCUT2D eigenvalue weighted by molar-refractivity contribution is 0.376. The van der Waals surface area contributed by atoms with Gasteiger partial charge >= 0.3 is 0 Å². The summed E-state index contributed by atoms with van der Waals surface area (Å²) in [5, 5.41) is 8.03. The zero-order valence-corrected chi connectivity index (χ0v) is 12.6. The first kappa shape index (κ1) is 13.8. The molecule has 2 rings (SSSR count). The van der Waals surface area contributed by atoms with E-state index in [1.807, 2.05) is 10.7 Å².